The number of amides is 2. The number of halogens is 7. The third-order valence-corrected chi connectivity index (χ3v) is 5.22. The lowest BCUT2D eigenvalue weighted by Gasteiger charge is -2.23. The Morgan fingerprint density at radius 2 is 1.62 bits per heavy atom. The second kappa shape index (κ2) is 12.6. The second-order valence-electron chi connectivity index (χ2n) is 8.17. The van der Waals surface area contributed by atoms with Crippen molar-refractivity contribution in [1.29, 1.82) is 0 Å². The van der Waals surface area contributed by atoms with E-state index >= 15 is 0 Å². The Balaban J connectivity index is 2.40. The fourth-order valence-corrected chi connectivity index (χ4v) is 3.39. The van der Waals surface area contributed by atoms with Crippen LogP contribution in [0.2, 0.25) is 0 Å². The van der Waals surface area contributed by atoms with Crippen LogP contribution in [0.15, 0.2) is 23.1 Å². The summed E-state index contributed by atoms with van der Waals surface area (Å²) < 4.78 is 99.4. The molecule has 0 spiro atoms. The van der Waals surface area contributed by atoms with Gasteiger partial charge in [0.25, 0.3) is 5.56 Å². The van der Waals surface area contributed by atoms with Gasteiger partial charge in [0.2, 0.25) is 23.4 Å². The predicted molar refractivity (Wildman–Crippen MR) is 120 cm³/mol. The number of alkyl halides is 3. The molecule has 1 aromatic carbocycles. The van der Waals surface area contributed by atoms with Crippen LogP contribution in [-0.2, 0) is 25.4 Å². The fraction of sp³-hybridized carbons (Fsp3) is 0.348. The highest BCUT2D eigenvalue weighted by atomic mass is 19.4. The van der Waals surface area contributed by atoms with Crippen LogP contribution < -0.4 is 20.9 Å². The summed E-state index contributed by atoms with van der Waals surface area (Å²) in [7, 11) is 0. The maximum absolute atomic E-state index is 13.8. The van der Waals surface area contributed by atoms with E-state index in [9.17, 15) is 54.7 Å². The van der Waals surface area contributed by atoms with Crippen LogP contribution in [-0.4, -0.2) is 45.9 Å². The molecule has 2 rings (SSSR count). The molecule has 0 aliphatic heterocycles. The number of carbonyl (C=O) groups is 4. The van der Waals surface area contributed by atoms with Crippen LogP contribution in [0.3, 0.4) is 0 Å². The van der Waals surface area contributed by atoms with Gasteiger partial charge in [-0.25, -0.2) is 8.78 Å². The van der Waals surface area contributed by atoms with E-state index in [0.717, 1.165) is 6.92 Å². The lowest BCUT2D eigenvalue weighted by Crippen LogP contribution is -2.48. The van der Waals surface area contributed by atoms with Gasteiger partial charge in [-0.1, -0.05) is 6.92 Å². The van der Waals surface area contributed by atoms with Crippen LogP contribution in [0.4, 0.5) is 36.4 Å². The molecule has 3 N–H and O–H groups in total. The highest BCUT2D eigenvalue weighted by Crippen LogP contribution is 2.31. The summed E-state index contributed by atoms with van der Waals surface area (Å²) in [6, 6.07) is -3.60. The lowest BCUT2D eigenvalue weighted by atomic mass is 10.1. The van der Waals surface area contributed by atoms with Crippen LogP contribution in [0.1, 0.15) is 38.3 Å². The molecule has 0 saturated carbocycles. The Hall–Kier alpha value is -4.44. The third kappa shape index (κ3) is 7.57. The first-order chi connectivity index (χ1) is 18.5. The van der Waals surface area contributed by atoms with Gasteiger partial charge in [-0.3, -0.25) is 24.0 Å². The van der Waals surface area contributed by atoms with Gasteiger partial charge in [0.15, 0.2) is 23.2 Å². The lowest BCUT2D eigenvalue weighted by molar-refractivity contribution is -0.141. The van der Waals surface area contributed by atoms with Gasteiger partial charge in [-0.2, -0.15) is 22.0 Å². The van der Waals surface area contributed by atoms with E-state index in [2.05, 4.69) is 4.74 Å². The first-order valence-corrected chi connectivity index (χ1v) is 11.1. The summed E-state index contributed by atoms with van der Waals surface area (Å²) in [4.78, 5) is 60.9. The molecule has 10 nitrogen and oxygen atoms in total. The minimum absolute atomic E-state index is 0.134. The van der Waals surface area contributed by atoms with Crippen molar-refractivity contribution in [2.75, 3.05) is 11.9 Å². The Morgan fingerprint density at radius 3 is 2.10 bits per heavy atom. The molecule has 0 aliphatic carbocycles. The molecule has 1 aromatic heterocycles. The van der Waals surface area contributed by atoms with E-state index in [0.29, 0.717) is 10.6 Å². The standard InChI is InChI=1S/C23H20F7N3O7/c1-3-15(33-7-10(23(28,29)30)4-14(22(33)39)31-9(2)34)21(38)32-13(6-17(36)37)16(35)8-40-20-18(26)11(24)5-12(25)19(20)27/h4-5,7,13,15H,3,6,8H2,1-2H3,(H,31,34)(H,32,38)(H,36,37)/t13-,15?/m0/s1. The molecule has 0 saturated heterocycles. The van der Waals surface area contributed by atoms with Crippen LogP contribution >= 0.6 is 0 Å². The van der Waals surface area contributed by atoms with Crippen molar-refractivity contribution in [3.63, 3.8) is 0 Å². The number of benzene rings is 1. The fourth-order valence-electron chi connectivity index (χ4n) is 3.39. The zero-order valence-corrected chi connectivity index (χ0v) is 20.5. The number of nitrogens with zero attached hydrogens (tertiary/aromatic N) is 1. The predicted octanol–water partition coefficient (Wildman–Crippen LogP) is 2.94. The van der Waals surface area contributed by atoms with E-state index in [-0.39, 0.29) is 18.7 Å². The summed E-state index contributed by atoms with van der Waals surface area (Å²) in [5.41, 5.74) is -3.50. The number of aromatic nitrogens is 1. The number of anilines is 1. The van der Waals surface area contributed by atoms with E-state index in [1.165, 1.54) is 6.92 Å². The van der Waals surface area contributed by atoms with Crippen LogP contribution in [0.25, 0.3) is 0 Å². The zero-order valence-electron chi connectivity index (χ0n) is 20.5. The molecule has 1 heterocycles. The highest BCUT2D eigenvalue weighted by molar-refractivity contribution is 5.94. The van der Waals surface area contributed by atoms with Crippen molar-refractivity contribution < 1.29 is 59.8 Å². The number of Topliss-reactive ketones (excluding diaryl/α,β-unsaturated/α-hetero) is 1. The molecule has 1 unspecified atom stereocenters. The van der Waals surface area contributed by atoms with Gasteiger partial charge in [0, 0.05) is 19.2 Å². The number of hydrogen-bond donors (Lipinski definition) is 3. The van der Waals surface area contributed by atoms with Gasteiger partial charge in [0.05, 0.1) is 12.0 Å². The minimum atomic E-state index is -5.03. The van der Waals surface area contributed by atoms with Gasteiger partial charge >= 0.3 is 12.1 Å². The number of pyridine rings is 1. The van der Waals surface area contributed by atoms with Crippen molar-refractivity contribution in [2.24, 2.45) is 0 Å². The van der Waals surface area contributed by atoms with Gasteiger partial charge in [-0.05, 0) is 12.5 Å². The first kappa shape index (κ1) is 31.8. The van der Waals surface area contributed by atoms with E-state index in [1.54, 1.807) is 0 Å². The van der Waals surface area contributed by atoms with Crippen molar-refractivity contribution in [3.8, 4) is 5.75 Å². The number of ketones is 1. The molecule has 17 heteroatoms. The maximum Gasteiger partial charge on any atom is 0.417 e. The molecule has 0 fully saturated rings. The number of carboxylic acid groups (broad SMARTS) is 1. The normalized spacial score (nSPS) is 12.8. The molecule has 0 radical (unpaired) electrons. The Labute approximate surface area is 219 Å². The summed E-state index contributed by atoms with van der Waals surface area (Å²) >= 11 is 0. The Bertz CT molecular complexity index is 1370. The number of ether oxygens (including phenoxy) is 1. The van der Waals surface area contributed by atoms with Crippen molar-refractivity contribution in [2.45, 2.75) is 44.9 Å². The average Bonchev–Trinajstić information content (AvgIpc) is 2.83. The molecule has 2 aromatic rings. The summed E-state index contributed by atoms with van der Waals surface area (Å²) in [5.74, 6) is -14.7. The largest absolute Gasteiger partial charge is 0.481 e. The Kier molecular flexibility index (Phi) is 10.0. The average molecular weight is 583 g/mol. The SMILES string of the molecule is CCC(C(=O)N[C@@H](CC(=O)O)C(=O)COc1c(F)c(F)cc(F)c1F)n1cc(C(F)(F)F)cc(NC(C)=O)c1=O. The van der Waals surface area contributed by atoms with Crippen LogP contribution in [0, 0.1) is 23.3 Å². The molecule has 218 valence electrons. The van der Waals surface area contributed by atoms with Crippen LogP contribution in [0.5, 0.6) is 5.75 Å². The number of carbonyl (C=O) groups excluding carboxylic acids is 3. The van der Waals surface area contributed by atoms with Gasteiger partial charge in [-0.15, -0.1) is 0 Å². The molecule has 0 bridgehead atoms. The quantitative estimate of drug-likeness (QED) is 0.273. The highest BCUT2D eigenvalue weighted by Gasteiger charge is 2.35. The minimum Gasteiger partial charge on any atom is -0.481 e. The molecule has 2 amide bonds. The number of carboxylic acids is 1. The molecular formula is C23H20F7N3O7. The van der Waals surface area contributed by atoms with Crippen molar-refractivity contribution >= 4 is 29.3 Å². The molecule has 0 aliphatic rings. The topological polar surface area (TPSA) is 144 Å². The number of nitrogens with one attached hydrogen (secondary N) is 2. The maximum atomic E-state index is 13.8. The first-order valence-electron chi connectivity index (χ1n) is 11.1. The van der Waals surface area contributed by atoms with Gasteiger partial charge in [0.1, 0.15) is 24.4 Å². The molecule has 40 heavy (non-hydrogen) atoms. The summed E-state index contributed by atoms with van der Waals surface area (Å²) in [6.45, 7) is 0.770. The monoisotopic (exact) mass is 583 g/mol. The number of aliphatic carboxylic acids is 1. The molecule has 2 atom stereocenters. The van der Waals surface area contributed by atoms with Crippen molar-refractivity contribution in [1.82, 2.24) is 9.88 Å². The van der Waals surface area contributed by atoms with Crippen molar-refractivity contribution in [3.05, 3.63) is 57.5 Å². The number of rotatable bonds is 11. The van der Waals surface area contributed by atoms with E-state index in [4.69, 9.17) is 5.11 Å². The zero-order chi connectivity index (χ0) is 30.5. The second-order valence-corrected chi connectivity index (χ2v) is 8.17. The summed E-state index contributed by atoms with van der Waals surface area (Å²) in [6.07, 6.45) is -6.29. The summed E-state index contributed by atoms with van der Waals surface area (Å²) in [5, 5.41) is 12.9. The van der Waals surface area contributed by atoms with Gasteiger partial charge < -0.3 is 25.0 Å². The Morgan fingerprint density at radius 1 is 1.05 bits per heavy atom. The molecular weight excluding hydrogens is 563 g/mol. The smallest absolute Gasteiger partial charge is 0.417 e. The van der Waals surface area contributed by atoms with E-state index in [1.807, 2.05) is 10.6 Å². The number of hydrogen-bond acceptors (Lipinski definition) is 6. The van der Waals surface area contributed by atoms with E-state index < -0.39 is 101 Å². The third-order valence-electron chi connectivity index (χ3n) is 5.22.